The standard InChI is InChI=1S/C26H23N3O3S/c1-31-23-11-6-10-22(25(23)32-2)26-29-21(17-33-26)16-24(30)28-20-9-5-7-18(15-20)12-13-19-8-3-4-14-27-19/h3-15,17H,16H2,1-2H3,(H,28,30). The number of amides is 1. The predicted molar refractivity (Wildman–Crippen MR) is 133 cm³/mol. The number of ether oxygens (including phenoxy) is 2. The van der Waals surface area contributed by atoms with Crippen molar-refractivity contribution in [2.45, 2.75) is 6.42 Å². The van der Waals surface area contributed by atoms with E-state index in [0.29, 0.717) is 17.2 Å². The second-order valence-corrected chi connectivity index (χ2v) is 7.98. The summed E-state index contributed by atoms with van der Waals surface area (Å²) in [5.74, 6) is 1.14. The third-order valence-electron chi connectivity index (χ3n) is 4.83. The average Bonchev–Trinajstić information content (AvgIpc) is 3.31. The lowest BCUT2D eigenvalue weighted by Gasteiger charge is -2.10. The summed E-state index contributed by atoms with van der Waals surface area (Å²) < 4.78 is 10.9. The van der Waals surface area contributed by atoms with Crippen molar-refractivity contribution in [3.05, 3.63) is 89.2 Å². The largest absolute Gasteiger partial charge is 0.493 e. The molecule has 4 aromatic rings. The molecular formula is C26H23N3O3S. The Morgan fingerprint density at radius 2 is 1.91 bits per heavy atom. The van der Waals surface area contributed by atoms with Gasteiger partial charge in [0.2, 0.25) is 5.91 Å². The summed E-state index contributed by atoms with van der Waals surface area (Å²) in [7, 11) is 3.20. The van der Waals surface area contributed by atoms with Crippen molar-refractivity contribution in [1.82, 2.24) is 9.97 Å². The van der Waals surface area contributed by atoms with Gasteiger partial charge in [0.1, 0.15) is 5.01 Å². The van der Waals surface area contributed by atoms with Gasteiger partial charge in [0.25, 0.3) is 0 Å². The molecule has 1 amide bonds. The third kappa shape index (κ3) is 5.64. The number of methoxy groups -OCH3 is 2. The number of pyridine rings is 1. The molecule has 2 aromatic heterocycles. The lowest BCUT2D eigenvalue weighted by atomic mass is 10.1. The molecule has 0 spiro atoms. The Morgan fingerprint density at radius 3 is 2.70 bits per heavy atom. The topological polar surface area (TPSA) is 73.3 Å². The molecule has 166 valence electrons. The summed E-state index contributed by atoms with van der Waals surface area (Å²) in [6.07, 6.45) is 5.83. The summed E-state index contributed by atoms with van der Waals surface area (Å²) >= 11 is 1.46. The summed E-state index contributed by atoms with van der Waals surface area (Å²) in [4.78, 5) is 21.5. The molecule has 0 saturated carbocycles. The quantitative estimate of drug-likeness (QED) is 0.374. The first-order chi connectivity index (χ1) is 16.2. The van der Waals surface area contributed by atoms with E-state index >= 15 is 0 Å². The maximum absolute atomic E-state index is 12.6. The predicted octanol–water partition coefficient (Wildman–Crippen LogP) is 5.57. The van der Waals surface area contributed by atoms with Gasteiger partial charge < -0.3 is 14.8 Å². The van der Waals surface area contributed by atoms with Crippen LogP contribution in [0.15, 0.2) is 72.2 Å². The zero-order valence-corrected chi connectivity index (χ0v) is 19.1. The van der Waals surface area contributed by atoms with Crippen molar-refractivity contribution < 1.29 is 14.3 Å². The van der Waals surface area contributed by atoms with Crippen molar-refractivity contribution >= 4 is 35.1 Å². The molecule has 7 heteroatoms. The monoisotopic (exact) mass is 457 g/mol. The zero-order valence-electron chi connectivity index (χ0n) is 18.3. The van der Waals surface area contributed by atoms with Gasteiger partial charge >= 0.3 is 0 Å². The molecule has 0 bridgehead atoms. The molecule has 0 radical (unpaired) electrons. The Kier molecular flexibility index (Phi) is 7.12. The number of aromatic nitrogens is 2. The van der Waals surface area contributed by atoms with E-state index in [0.717, 1.165) is 27.5 Å². The maximum Gasteiger partial charge on any atom is 0.230 e. The van der Waals surface area contributed by atoms with Crippen molar-refractivity contribution in [3.8, 4) is 22.1 Å². The van der Waals surface area contributed by atoms with E-state index in [1.165, 1.54) is 11.3 Å². The molecule has 0 aliphatic rings. The minimum atomic E-state index is -0.129. The lowest BCUT2D eigenvalue weighted by molar-refractivity contribution is -0.115. The van der Waals surface area contributed by atoms with Crippen molar-refractivity contribution in [3.63, 3.8) is 0 Å². The van der Waals surface area contributed by atoms with Crippen LogP contribution in [0, 0.1) is 0 Å². The summed E-state index contributed by atoms with van der Waals surface area (Å²) in [6, 6.07) is 19.1. The van der Waals surface area contributed by atoms with Gasteiger partial charge in [0, 0.05) is 17.3 Å². The molecule has 0 saturated heterocycles. The van der Waals surface area contributed by atoms with E-state index in [4.69, 9.17) is 9.47 Å². The zero-order chi connectivity index (χ0) is 23.0. The fourth-order valence-electron chi connectivity index (χ4n) is 3.31. The number of carbonyl (C=O) groups excluding carboxylic acids is 1. The number of anilines is 1. The number of nitrogens with one attached hydrogen (secondary N) is 1. The Hall–Kier alpha value is -3.97. The SMILES string of the molecule is COc1cccc(-c2nc(CC(=O)Nc3cccc(C=Cc4ccccn4)c3)cs2)c1OC. The summed E-state index contributed by atoms with van der Waals surface area (Å²) in [5, 5.41) is 5.61. The molecule has 1 N–H and O–H groups in total. The molecule has 6 nitrogen and oxygen atoms in total. The third-order valence-corrected chi connectivity index (χ3v) is 5.76. The Morgan fingerprint density at radius 1 is 1.03 bits per heavy atom. The second-order valence-electron chi connectivity index (χ2n) is 7.12. The number of rotatable bonds is 8. The molecule has 0 atom stereocenters. The fraction of sp³-hybridized carbons (Fsp3) is 0.115. The number of nitrogens with zero attached hydrogens (tertiary/aromatic N) is 2. The number of carbonyl (C=O) groups is 1. The first kappa shape index (κ1) is 22.2. The highest BCUT2D eigenvalue weighted by atomic mass is 32.1. The molecule has 0 aliphatic heterocycles. The average molecular weight is 458 g/mol. The first-order valence-electron chi connectivity index (χ1n) is 10.3. The van der Waals surface area contributed by atoms with E-state index < -0.39 is 0 Å². The van der Waals surface area contributed by atoms with Crippen LogP contribution < -0.4 is 14.8 Å². The second kappa shape index (κ2) is 10.6. The van der Waals surface area contributed by atoms with Gasteiger partial charge in [0.05, 0.1) is 37.6 Å². The minimum Gasteiger partial charge on any atom is -0.493 e. The first-order valence-corrected chi connectivity index (χ1v) is 11.2. The highest BCUT2D eigenvalue weighted by Gasteiger charge is 2.15. The highest BCUT2D eigenvalue weighted by molar-refractivity contribution is 7.13. The van der Waals surface area contributed by atoms with Gasteiger partial charge in [-0.15, -0.1) is 11.3 Å². The van der Waals surface area contributed by atoms with Crippen molar-refractivity contribution in [2.75, 3.05) is 19.5 Å². The Labute approximate surface area is 196 Å². The van der Waals surface area contributed by atoms with Crippen LogP contribution in [0.3, 0.4) is 0 Å². The van der Waals surface area contributed by atoms with Gasteiger partial charge in [0.15, 0.2) is 11.5 Å². The lowest BCUT2D eigenvalue weighted by Crippen LogP contribution is -2.14. The van der Waals surface area contributed by atoms with Crippen molar-refractivity contribution in [2.24, 2.45) is 0 Å². The van der Waals surface area contributed by atoms with E-state index in [1.54, 1.807) is 20.4 Å². The fourth-order valence-corrected chi connectivity index (χ4v) is 4.15. The van der Waals surface area contributed by atoms with E-state index in [9.17, 15) is 4.79 Å². The molecule has 0 aliphatic carbocycles. The number of hydrogen-bond acceptors (Lipinski definition) is 6. The summed E-state index contributed by atoms with van der Waals surface area (Å²) in [5.41, 5.74) is 4.11. The van der Waals surface area contributed by atoms with Gasteiger partial charge in [-0.3, -0.25) is 9.78 Å². The van der Waals surface area contributed by atoms with Gasteiger partial charge in [-0.2, -0.15) is 0 Å². The smallest absolute Gasteiger partial charge is 0.230 e. The maximum atomic E-state index is 12.6. The normalized spacial score (nSPS) is 10.8. The number of hydrogen-bond donors (Lipinski definition) is 1. The number of thiazole rings is 1. The van der Waals surface area contributed by atoms with Crippen LogP contribution in [0.25, 0.3) is 22.7 Å². The van der Waals surface area contributed by atoms with E-state index in [-0.39, 0.29) is 12.3 Å². The highest BCUT2D eigenvalue weighted by Crippen LogP contribution is 2.39. The van der Waals surface area contributed by atoms with Gasteiger partial charge in [-0.05, 0) is 48.0 Å². The Bertz CT molecular complexity index is 1270. The minimum absolute atomic E-state index is 0.129. The van der Waals surface area contributed by atoms with Gasteiger partial charge in [-0.25, -0.2) is 4.98 Å². The van der Waals surface area contributed by atoms with Crippen molar-refractivity contribution in [1.29, 1.82) is 0 Å². The van der Waals surface area contributed by atoms with Crippen LogP contribution in [-0.4, -0.2) is 30.1 Å². The molecular weight excluding hydrogens is 434 g/mol. The molecule has 0 fully saturated rings. The van der Waals surface area contributed by atoms with Crippen LogP contribution in [0.1, 0.15) is 17.0 Å². The molecule has 33 heavy (non-hydrogen) atoms. The van der Waals surface area contributed by atoms with Crippen LogP contribution in [0.4, 0.5) is 5.69 Å². The molecule has 0 unspecified atom stereocenters. The number of benzene rings is 2. The molecule has 4 rings (SSSR count). The molecule has 2 aromatic carbocycles. The van der Waals surface area contributed by atoms with Crippen LogP contribution in [-0.2, 0) is 11.2 Å². The van der Waals surface area contributed by atoms with Crippen LogP contribution in [0.2, 0.25) is 0 Å². The number of para-hydroxylation sites is 1. The van der Waals surface area contributed by atoms with E-state index in [1.807, 2.05) is 78.2 Å². The van der Waals surface area contributed by atoms with Crippen LogP contribution >= 0.6 is 11.3 Å². The summed E-state index contributed by atoms with van der Waals surface area (Å²) in [6.45, 7) is 0. The van der Waals surface area contributed by atoms with Crippen LogP contribution in [0.5, 0.6) is 11.5 Å². The van der Waals surface area contributed by atoms with Gasteiger partial charge in [-0.1, -0.05) is 30.3 Å². The van der Waals surface area contributed by atoms with E-state index in [2.05, 4.69) is 15.3 Å². The Balaban J connectivity index is 1.42. The molecule has 2 heterocycles.